The number of ether oxygens (including phenoxy) is 2. The van der Waals surface area contributed by atoms with E-state index in [9.17, 15) is 0 Å². The third-order valence-electron chi connectivity index (χ3n) is 4.20. The first-order valence-electron chi connectivity index (χ1n) is 7.66. The number of likely N-dealkylation sites (N-methyl/N-ethyl adjacent to an activating group) is 1. The zero-order valence-electron chi connectivity index (χ0n) is 12.2. The van der Waals surface area contributed by atoms with E-state index in [1.807, 2.05) is 19.2 Å². The third-order valence-corrected chi connectivity index (χ3v) is 4.20. The van der Waals surface area contributed by atoms with Crippen LogP contribution in [0.4, 0.5) is 0 Å². The fourth-order valence-corrected chi connectivity index (χ4v) is 3.00. The van der Waals surface area contributed by atoms with Gasteiger partial charge in [-0.2, -0.15) is 0 Å². The van der Waals surface area contributed by atoms with Crippen LogP contribution < -0.4 is 14.8 Å². The minimum atomic E-state index is 0.314. The number of hydrogen-bond donors (Lipinski definition) is 1. The van der Waals surface area contributed by atoms with Crippen LogP contribution in [-0.2, 0) is 0 Å². The Morgan fingerprint density at radius 1 is 1.35 bits per heavy atom. The van der Waals surface area contributed by atoms with Crippen LogP contribution in [0.15, 0.2) is 18.2 Å². The number of benzene rings is 1. The predicted octanol–water partition coefficient (Wildman–Crippen LogP) is 2.20. The van der Waals surface area contributed by atoms with Crippen LogP contribution >= 0.6 is 0 Å². The summed E-state index contributed by atoms with van der Waals surface area (Å²) in [6, 6.07) is 6.49. The molecule has 1 aromatic carbocycles. The standard InChI is InChI=1S/C16H24N2O2/c1-17-15-12-20-16-11-13(5-6-14(15)16)19-10-4-9-18-7-2-3-8-18/h5-6,11,15,17H,2-4,7-10,12H2,1H3. The summed E-state index contributed by atoms with van der Waals surface area (Å²) in [6.07, 6.45) is 3.81. The Kier molecular flexibility index (Phi) is 4.43. The van der Waals surface area contributed by atoms with E-state index in [0.717, 1.165) is 31.1 Å². The fraction of sp³-hybridized carbons (Fsp3) is 0.625. The van der Waals surface area contributed by atoms with Gasteiger partial charge in [-0.3, -0.25) is 0 Å². The van der Waals surface area contributed by atoms with Gasteiger partial charge in [0.1, 0.15) is 18.1 Å². The second-order valence-corrected chi connectivity index (χ2v) is 5.60. The van der Waals surface area contributed by atoms with Gasteiger partial charge < -0.3 is 19.7 Å². The number of likely N-dealkylation sites (tertiary alicyclic amines) is 1. The van der Waals surface area contributed by atoms with Crippen LogP contribution in [0, 0.1) is 0 Å². The van der Waals surface area contributed by atoms with Crippen molar-refractivity contribution in [1.29, 1.82) is 0 Å². The number of hydrogen-bond acceptors (Lipinski definition) is 4. The monoisotopic (exact) mass is 276 g/mol. The molecular weight excluding hydrogens is 252 g/mol. The van der Waals surface area contributed by atoms with E-state index >= 15 is 0 Å². The molecule has 1 aromatic rings. The van der Waals surface area contributed by atoms with Crippen LogP contribution in [0.2, 0.25) is 0 Å². The summed E-state index contributed by atoms with van der Waals surface area (Å²) in [5.41, 5.74) is 1.23. The van der Waals surface area contributed by atoms with Crippen LogP contribution in [-0.4, -0.2) is 44.8 Å². The average molecular weight is 276 g/mol. The van der Waals surface area contributed by atoms with Gasteiger partial charge in [-0.25, -0.2) is 0 Å². The molecule has 3 rings (SSSR count). The van der Waals surface area contributed by atoms with Crippen LogP contribution in [0.1, 0.15) is 30.9 Å². The lowest BCUT2D eigenvalue weighted by Crippen LogP contribution is -2.21. The first-order valence-corrected chi connectivity index (χ1v) is 7.66. The van der Waals surface area contributed by atoms with Gasteiger partial charge in [-0.1, -0.05) is 0 Å². The summed E-state index contributed by atoms with van der Waals surface area (Å²) in [4.78, 5) is 2.52. The Balaban J connectivity index is 1.46. The molecule has 4 nitrogen and oxygen atoms in total. The normalized spacial score (nSPS) is 21.8. The molecule has 0 bridgehead atoms. The highest BCUT2D eigenvalue weighted by Gasteiger charge is 2.22. The lowest BCUT2D eigenvalue weighted by atomic mass is 10.1. The van der Waals surface area contributed by atoms with E-state index in [1.54, 1.807) is 0 Å². The summed E-state index contributed by atoms with van der Waals surface area (Å²) in [6.45, 7) is 5.18. The predicted molar refractivity (Wildman–Crippen MR) is 79.5 cm³/mol. The van der Waals surface area contributed by atoms with E-state index in [2.05, 4.69) is 16.3 Å². The molecule has 1 saturated heterocycles. The minimum absolute atomic E-state index is 0.314. The molecule has 2 aliphatic heterocycles. The second kappa shape index (κ2) is 6.46. The van der Waals surface area contributed by atoms with Gasteiger partial charge in [-0.15, -0.1) is 0 Å². The average Bonchev–Trinajstić information content (AvgIpc) is 3.12. The van der Waals surface area contributed by atoms with Crippen molar-refractivity contribution < 1.29 is 9.47 Å². The highest BCUT2D eigenvalue weighted by molar-refractivity contribution is 5.44. The maximum atomic E-state index is 5.83. The van der Waals surface area contributed by atoms with E-state index in [1.165, 1.54) is 31.5 Å². The van der Waals surface area contributed by atoms with Crippen molar-refractivity contribution in [3.05, 3.63) is 23.8 Å². The zero-order valence-corrected chi connectivity index (χ0v) is 12.2. The highest BCUT2D eigenvalue weighted by Crippen LogP contribution is 2.34. The van der Waals surface area contributed by atoms with Crippen LogP contribution in [0.25, 0.3) is 0 Å². The molecule has 1 N–H and O–H groups in total. The summed E-state index contributed by atoms with van der Waals surface area (Å²) < 4.78 is 11.5. The van der Waals surface area contributed by atoms with E-state index in [0.29, 0.717) is 12.6 Å². The Morgan fingerprint density at radius 2 is 2.20 bits per heavy atom. The van der Waals surface area contributed by atoms with E-state index < -0.39 is 0 Å². The Bertz CT molecular complexity index is 444. The van der Waals surface area contributed by atoms with Crippen molar-refractivity contribution in [3.63, 3.8) is 0 Å². The fourth-order valence-electron chi connectivity index (χ4n) is 3.00. The largest absolute Gasteiger partial charge is 0.493 e. The number of fused-ring (bicyclic) bond motifs is 1. The minimum Gasteiger partial charge on any atom is -0.493 e. The smallest absolute Gasteiger partial charge is 0.127 e. The molecule has 2 heterocycles. The van der Waals surface area contributed by atoms with Crippen molar-refractivity contribution in [2.45, 2.75) is 25.3 Å². The highest BCUT2D eigenvalue weighted by atomic mass is 16.5. The van der Waals surface area contributed by atoms with Gasteiger partial charge in [0.15, 0.2) is 0 Å². The SMILES string of the molecule is CNC1COc2cc(OCCCN3CCCC3)ccc21. The molecule has 2 aliphatic rings. The molecular formula is C16H24N2O2. The Labute approximate surface area is 121 Å². The molecule has 0 amide bonds. The summed E-state index contributed by atoms with van der Waals surface area (Å²) in [5.74, 6) is 1.88. The van der Waals surface area contributed by atoms with Crippen molar-refractivity contribution in [2.75, 3.05) is 39.9 Å². The molecule has 0 aliphatic carbocycles. The molecule has 1 unspecified atom stereocenters. The molecule has 0 spiro atoms. The third kappa shape index (κ3) is 3.07. The Hall–Kier alpha value is -1.26. The molecule has 0 radical (unpaired) electrons. The topological polar surface area (TPSA) is 33.7 Å². The molecule has 0 saturated carbocycles. The first kappa shape index (κ1) is 13.7. The van der Waals surface area contributed by atoms with E-state index in [4.69, 9.17) is 9.47 Å². The maximum absolute atomic E-state index is 5.83. The molecule has 1 atom stereocenters. The summed E-state index contributed by atoms with van der Waals surface area (Å²) >= 11 is 0. The van der Waals surface area contributed by atoms with Crippen molar-refractivity contribution in [2.24, 2.45) is 0 Å². The van der Waals surface area contributed by atoms with Gasteiger partial charge in [0.05, 0.1) is 12.6 Å². The maximum Gasteiger partial charge on any atom is 0.127 e. The first-order chi connectivity index (χ1) is 9.86. The van der Waals surface area contributed by atoms with Gasteiger partial charge in [0.25, 0.3) is 0 Å². The zero-order chi connectivity index (χ0) is 13.8. The summed E-state index contributed by atoms with van der Waals surface area (Å²) in [7, 11) is 1.96. The molecule has 1 fully saturated rings. The lowest BCUT2D eigenvalue weighted by molar-refractivity contribution is 0.262. The second-order valence-electron chi connectivity index (χ2n) is 5.60. The number of nitrogens with one attached hydrogen (secondary N) is 1. The lowest BCUT2D eigenvalue weighted by Gasteiger charge is -2.14. The van der Waals surface area contributed by atoms with Crippen LogP contribution in [0.5, 0.6) is 11.5 Å². The molecule has 110 valence electrons. The van der Waals surface area contributed by atoms with Crippen molar-refractivity contribution in [3.8, 4) is 11.5 Å². The van der Waals surface area contributed by atoms with Crippen molar-refractivity contribution in [1.82, 2.24) is 10.2 Å². The Morgan fingerprint density at radius 3 is 3.00 bits per heavy atom. The van der Waals surface area contributed by atoms with Gasteiger partial charge in [-0.05, 0) is 51.5 Å². The molecule has 20 heavy (non-hydrogen) atoms. The molecule has 4 heteroatoms. The van der Waals surface area contributed by atoms with Crippen LogP contribution in [0.3, 0.4) is 0 Å². The van der Waals surface area contributed by atoms with Crippen molar-refractivity contribution >= 4 is 0 Å². The van der Waals surface area contributed by atoms with Gasteiger partial charge >= 0.3 is 0 Å². The summed E-state index contributed by atoms with van der Waals surface area (Å²) in [5, 5.41) is 3.25. The van der Waals surface area contributed by atoms with E-state index in [-0.39, 0.29) is 0 Å². The number of nitrogens with zero attached hydrogens (tertiary/aromatic N) is 1. The quantitative estimate of drug-likeness (QED) is 0.808. The van der Waals surface area contributed by atoms with Gasteiger partial charge in [0.2, 0.25) is 0 Å². The molecule has 0 aromatic heterocycles. The number of rotatable bonds is 6. The van der Waals surface area contributed by atoms with Gasteiger partial charge in [0, 0.05) is 18.2 Å².